The number of rotatable bonds is 10. The highest BCUT2D eigenvalue weighted by Gasteiger charge is 2.54. The number of halogens is 3. The Morgan fingerprint density at radius 3 is 2.52 bits per heavy atom. The van der Waals surface area contributed by atoms with Crippen molar-refractivity contribution in [2.24, 2.45) is 11.1 Å². The Hall–Kier alpha value is -5.18. The van der Waals surface area contributed by atoms with Crippen LogP contribution in [0.4, 0.5) is 13.2 Å². The first-order valence-corrected chi connectivity index (χ1v) is 15.3. The molecule has 250 valence electrons. The fourth-order valence-corrected chi connectivity index (χ4v) is 6.67. The number of alkyl halides is 2. The Morgan fingerprint density at radius 1 is 1.08 bits per heavy atom. The van der Waals surface area contributed by atoms with Crippen LogP contribution in [0, 0.1) is 11.4 Å². The summed E-state index contributed by atoms with van der Waals surface area (Å²) < 4.78 is 54.6. The van der Waals surface area contributed by atoms with E-state index in [0.29, 0.717) is 47.0 Å². The third kappa shape index (κ3) is 5.89. The average molecular weight is 664 g/mol. The van der Waals surface area contributed by atoms with Crippen LogP contribution in [0.25, 0.3) is 27.5 Å². The number of carbonyl (C=O) groups excluding carboxylic acids is 2. The second-order valence-electron chi connectivity index (χ2n) is 13.2. The number of pyridine rings is 2. The number of nitrogens with zero attached hydrogens (tertiary/aromatic N) is 5. The molecular formula is C33H32F3N7O5. The summed E-state index contributed by atoms with van der Waals surface area (Å²) >= 11 is 0. The van der Waals surface area contributed by atoms with Crippen molar-refractivity contribution in [1.82, 2.24) is 29.7 Å². The van der Waals surface area contributed by atoms with Crippen LogP contribution in [-0.2, 0) is 0 Å². The zero-order valence-corrected chi connectivity index (χ0v) is 26.0. The minimum Gasteiger partial charge on any atom is -0.491 e. The van der Waals surface area contributed by atoms with E-state index < -0.39 is 29.9 Å². The normalized spacial score (nSPS) is 20.6. The van der Waals surface area contributed by atoms with Crippen LogP contribution < -0.4 is 20.5 Å². The van der Waals surface area contributed by atoms with Crippen LogP contribution in [0.2, 0.25) is 0 Å². The van der Waals surface area contributed by atoms with Gasteiger partial charge in [0.05, 0.1) is 16.6 Å². The van der Waals surface area contributed by atoms with Gasteiger partial charge in [-0.3, -0.25) is 9.59 Å². The minimum atomic E-state index is -2.98. The number of aliphatic hydroxyl groups is 1. The van der Waals surface area contributed by atoms with Gasteiger partial charge in [0.25, 0.3) is 11.8 Å². The van der Waals surface area contributed by atoms with Crippen LogP contribution in [-0.4, -0.2) is 65.7 Å². The van der Waals surface area contributed by atoms with E-state index in [2.05, 4.69) is 20.5 Å². The molecule has 1 spiro atoms. The van der Waals surface area contributed by atoms with Gasteiger partial charge in [-0.1, -0.05) is 0 Å². The first kappa shape index (κ1) is 31.4. The number of benzene rings is 1. The molecule has 2 fully saturated rings. The maximum Gasteiger partial charge on any atom is 0.333 e. The van der Waals surface area contributed by atoms with E-state index in [1.165, 1.54) is 28.9 Å². The smallest absolute Gasteiger partial charge is 0.333 e. The van der Waals surface area contributed by atoms with Crippen LogP contribution in [0.15, 0.2) is 54.9 Å². The lowest BCUT2D eigenvalue weighted by atomic mass is 9.53. The van der Waals surface area contributed by atoms with Gasteiger partial charge in [-0.2, -0.15) is 18.3 Å². The number of primary amides is 1. The standard InChI is InChI=1S/C33H32F3N7O5/c1-32(2,46)16-47-20-4-5-22-23(10-20)43(31(35)36)40-27(22)29(45)39-19-11-33(12-19)13-21(14-33)48-30-26(28(37)44)24-9-17(7-8-42(24)41-30)18-3-6-25(34)38-15-18/h3-10,15,19,21,31,46H,11-14,16H2,1-2H3,(H2,37,44)(H,39,45). The van der Waals surface area contributed by atoms with Gasteiger partial charge < -0.3 is 25.6 Å². The van der Waals surface area contributed by atoms with Crippen LogP contribution in [0.1, 0.15) is 66.9 Å². The zero-order chi connectivity index (χ0) is 34.0. The number of hydrogen-bond acceptors (Lipinski definition) is 8. The van der Waals surface area contributed by atoms with Crippen LogP contribution in [0.3, 0.4) is 0 Å². The number of aromatic nitrogens is 5. The SMILES string of the molecule is CC(C)(O)COc1ccc2c(C(=O)NC3CC4(C3)CC(Oc3nn5ccc(-c6ccc(F)nc6)cc5c3C(N)=O)C4)nn(C(F)F)c2c1. The molecule has 48 heavy (non-hydrogen) atoms. The molecule has 12 nitrogen and oxygen atoms in total. The van der Waals surface area contributed by atoms with Gasteiger partial charge in [0.15, 0.2) is 5.69 Å². The van der Waals surface area contributed by atoms with Gasteiger partial charge >= 0.3 is 6.55 Å². The van der Waals surface area contributed by atoms with E-state index in [1.54, 1.807) is 44.3 Å². The summed E-state index contributed by atoms with van der Waals surface area (Å²) in [4.78, 5) is 29.3. The summed E-state index contributed by atoms with van der Waals surface area (Å²) in [6.45, 7) is 0.0968. The lowest BCUT2D eigenvalue weighted by Gasteiger charge is -2.57. The molecule has 4 aromatic heterocycles. The van der Waals surface area contributed by atoms with Crippen molar-refractivity contribution in [1.29, 1.82) is 0 Å². The molecule has 5 aromatic rings. The minimum absolute atomic E-state index is 0.0402. The number of nitrogens with one attached hydrogen (secondary N) is 1. The summed E-state index contributed by atoms with van der Waals surface area (Å²) in [6, 6.07) is 10.6. The van der Waals surface area contributed by atoms with Crippen molar-refractivity contribution in [3.8, 4) is 22.8 Å². The molecule has 0 bridgehead atoms. The number of fused-ring (bicyclic) bond motifs is 2. The van der Waals surface area contributed by atoms with Crippen molar-refractivity contribution < 1.29 is 37.3 Å². The first-order chi connectivity index (χ1) is 22.8. The summed E-state index contributed by atoms with van der Waals surface area (Å²) in [5.41, 5.74) is 6.41. The lowest BCUT2D eigenvalue weighted by Crippen LogP contribution is -2.58. The second-order valence-corrected chi connectivity index (χ2v) is 13.2. The molecule has 2 saturated carbocycles. The summed E-state index contributed by atoms with van der Waals surface area (Å²) in [5, 5.41) is 21.4. The maximum absolute atomic E-state index is 13.8. The van der Waals surface area contributed by atoms with Crippen LogP contribution in [0.5, 0.6) is 11.6 Å². The van der Waals surface area contributed by atoms with E-state index in [1.807, 2.05) is 0 Å². The Labute approximate surface area is 271 Å². The van der Waals surface area contributed by atoms with Gasteiger partial charge in [-0.15, -0.1) is 5.10 Å². The van der Waals surface area contributed by atoms with E-state index in [0.717, 1.165) is 0 Å². The highest BCUT2D eigenvalue weighted by atomic mass is 19.3. The maximum atomic E-state index is 13.8. The molecule has 0 radical (unpaired) electrons. The lowest BCUT2D eigenvalue weighted by molar-refractivity contribution is -0.0848. The number of carbonyl (C=O) groups is 2. The second kappa shape index (κ2) is 11.5. The number of nitrogens with two attached hydrogens (primary N) is 1. The largest absolute Gasteiger partial charge is 0.491 e. The van der Waals surface area contributed by atoms with E-state index in [4.69, 9.17) is 15.2 Å². The topological polar surface area (TPSA) is 159 Å². The summed E-state index contributed by atoms with van der Waals surface area (Å²) in [5.74, 6) is -1.47. The van der Waals surface area contributed by atoms with Crippen molar-refractivity contribution >= 4 is 28.2 Å². The molecular weight excluding hydrogens is 631 g/mol. The molecule has 7 rings (SSSR count). The summed E-state index contributed by atoms with van der Waals surface area (Å²) in [6.07, 6.45) is 5.53. The molecule has 4 N–H and O–H groups in total. The summed E-state index contributed by atoms with van der Waals surface area (Å²) in [7, 11) is 0. The van der Waals surface area contributed by atoms with Gasteiger partial charge in [-0.25, -0.2) is 14.2 Å². The van der Waals surface area contributed by atoms with Crippen molar-refractivity contribution in [2.75, 3.05) is 6.61 Å². The molecule has 0 atom stereocenters. The van der Waals surface area contributed by atoms with Gasteiger partial charge in [-0.05, 0) is 86.9 Å². The quantitative estimate of drug-likeness (QED) is 0.182. The molecule has 15 heteroatoms. The van der Waals surface area contributed by atoms with Gasteiger partial charge in [0, 0.05) is 35.5 Å². The van der Waals surface area contributed by atoms with E-state index in [-0.39, 0.29) is 58.0 Å². The fraction of sp³-hybridized carbons (Fsp3) is 0.364. The highest BCUT2D eigenvalue weighted by molar-refractivity contribution is 6.05. The zero-order valence-electron chi connectivity index (χ0n) is 26.0. The highest BCUT2D eigenvalue weighted by Crippen LogP contribution is 2.57. The van der Waals surface area contributed by atoms with E-state index in [9.17, 15) is 27.9 Å². The predicted octanol–water partition coefficient (Wildman–Crippen LogP) is 4.65. The third-order valence-electron chi connectivity index (χ3n) is 8.87. The molecule has 0 unspecified atom stereocenters. The first-order valence-electron chi connectivity index (χ1n) is 15.3. The molecule has 4 heterocycles. The Balaban J connectivity index is 0.989. The molecule has 2 aliphatic rings. The molecule has 2 amide bonds. The van der Waals surface area contributed by atoms with Gasteiger partial charge in [0.1, 0.15) is 24.0 Å². The molecule has 0 saturated heterocycles. The Morgan fingerprint density at radius 2 is 1.85 bits per heavy atom. The average Bonchev–Trinajstić information content (AvgIpc) is 3.56. The number of amides is 2. The van der Waals surface area contributed by atoms with Crippen molar-refractivity contribution in [3.63, 3.8) is 0 Å². The predicted molar refractivity (Wildman–Crippen MR) is 166 cm³/mol. The van der Waals surface area contributed by atoms with E-state index >= 15 is 0 Å². The van der Waals surface area contributed by atoms with Crippen LogP contribution >= 0.6 is 0 Å². The Bertz CT molecular complexity index is 2040. The Kier molecular flexibility index (Phi) is 7.53. The molecule has 0 aliphatic heterocycles. The van der Waals surface area contributed by atoms with Gasteiger partial charge in [0.2, 0.25) is 11.8 Å². The fourth-order valence-electron chi connectivity index (χ4n) is 6.67. The van der Waals surface area contributed by atoms with Crippen molar-refractivity contribution in [2.45, 2.75) is 63.8 Å². The molecule has 2 aliphatic carbocycles. The third-order valence-corrected chi connectivity index (χ3v) is 8.87. The number of hydrogen-bond donors (Lipinski definition) is 3. The molecule has 1 aromatic carbocycles. The number of ether oxygens (including phenoxy) is 2. The monoisotopic (exact) mass is 663 g/mol. The van der Waals surface area contributed by atoms with Crippen molar-refractivity contribution in [3.05, 3.63) is 72.1 Å².